The molecule has 216 valence electrons. The molecule has 0 unspecified atom stereocenters. The van der Waals surface area contributed by atoms with Crippen molar-refractivity contribution < 1.29 is 24.2 Å². The summed E-state index contributed by atoms with van der Waals surface area (Å²) in [7, 11) is 0. The monoisotopic (exact) mass is 584 g/mol. The highest BCUT2D eigenvalue weighted by Gasteiger charge is 2.27. The summed E-state index contributed by atoms with van der Waals surface area (Å²) in [6.45, 7) is 8.22. The molecule has 2 aromatic heterocycles. The number of hydrogen-bond acceptors (Lipinski definition) is 7. The van der Waals surface area contributed by atoms with E-state index in [1.54, 1.807) is 37.3 Å². The van der Waals surface area contributed by atoms with Crippen LogP contribution in [0.1, 0.15) is 67.4 Å². The first-order chi connectivity index (χ1) is 20.1. The maximum atomic E-state index is 14.1. The van der Waals surface area contributed by atoms with Gasteiger partial charge in [-0.25, -0.2) is 9.78 Å². The summed E-state index contributed by atoms with van der Waals surface area (Å²) in [6.07, 6.45) is 0.706. The normalized spacial score (nSPS) is 12.1. The van der Waals surface area contributed by atoms with Crippen molar-refractivity contribution in [3.8, 4) is 27.3 Å². The molecule has 0 saturated carbocycles. The molecule has 0 bridgehead atoms. The van der Waals surface area contributed by atoms with Crippen molar-refractivity contribution in [1.29, 1.82) is 0 Å². The van der Waals surface area contributed by atoms with E-state index in [0.717, 1.165) is 32.7 Å². The number of rotatable bonds is 7. The van der Waals surface area contributed by atoms with Crippen molar-refractivity contribution in [2.24, 2.45) is 5.73 Å². The highest BCUT2D eigenvalue weighted by atomic mass is 32.1. The number of carbonyl (C=O) groups is 3. The zero-order valence-electron chi connectivity index (χ0n) is 23.8. The van der Waals surface area contributed by atoms with E-state index in [2.05, 4.69) is 15.6 Å². The lowest BCUT2D eigenvalue weighted by Gasteiger charge is -2.18. The van der Waals surface area contributed by atoms with Gasteiger partial charge in [0.2, 0.25) is 0 Å². The molecule has 2 amide bonds. The Morgan fingerprint density at radius 2 is 1.76 bits per heavy atom. The Morgan fingerprint density at radius 3 is 2.43 bits per heavy atom. The van der Waals surface area contributed by atoms with Crippen LogP contribution in [0.15, 0.2) is 47.8 Å². The minimum Gasteiger partial charge on any atom is -0.493 e. The Kier molecular flexibility index (Phi) is 8.11. The van der Waals surface area contributed by atoms with Crippen molar-refractivity contribution in [2.75, 3.05) is 11.9 Å². The molecule has 0 radical (unpaired) electrons. The number of aromatic carboxylic acids is 1. The van der Waals surface area contributed by atoms with Gasteiger partial charge >= 0.3 is 5.97 Å². The van der Waals surface area contributed by atoms with Gasteiger partial charge in [-0.2, -0.15) is 0 Å². The first-order valence-electron chi connectivity index (χ1n) is 13.6. The predicted octanol–water partition coefficient (Wildman–Crippen LogP) is 5.58. The number of thiophene rings is 1. The van der Waals surface area contributed by atoms with Crippen LogP contribution in [-0.4, -0.2) is 40.5 Å². The number of amides is 2. The van der Waals surface area contributed by atoms with Gasteiger partial charge in [0.05, 0.1) is 6.61 Å². The van der Waals surface area contributed by atoms with Gasteiger partial charge in [-0.05, 0) is 85.7 Å². The molecule has 0 spiro atoms. The molecule has 5 rings (SSSR count). The molecule has 0 aliphatic carbocycles. The highest BCUT2D eigenvalue weighted by Crippen LogP contribution is 2.43. The van der Waals surface area contributed by atoms with Crippen LogP contribution in [0.5, 0.6) is 5.75 Å². The van der Waals surface area contributed by atoms with E-state index in [4.69, 9.17) is 10.5 Å². The summed E-state index contributed by atoms with van der Waals surface area (Å²) < 4.78 is 6.11. The van der Waals surface area contributed by atoms with E-state index < -0.39 is 17.8 Å². The van der Waals surface area contributed by atoms with Gasteiger partial charge < -0.3 is 26.2 Å². The molecule has 1 aliphatic rings. The Balaban J connectivity index is 1.69. The average molecular weight is 585 g/mol. The van der Waals surface area contributed by atoms with Gasteiger partial charge in [0, 0.05) is 51.8 Å². The Morgan fingerprint density at radius 1 is 1.02 bits per heavy atom. The summed E-state index contributed by atoms with van der Waals surface area (Å²) in [5, 5.41) is 17.9. The molecular formula is C32H32N4O5S. The van der Waals surface area contributed by atoms with Crippen LogP contribution in [0.25, 0.3) is 21.6 Å². The molecule has 1 aliphatic heterocycles. The molecule has 42 heavy (non-hydrogen) atoms. The summed E-state index contributed by atoms with van der Waals surface area (Å²) in [5.74, 6) is -1.68. The number of aromatic nitrogens is 1. The van der Waals surface area contributed by atoms with Crippen molar-refractivity contribution in [3.63, 3.8) is 0 Å². The summed E-state index contributed by atoms with van der Waals surface area (Å²) in [6, 6.07) is 12.2. The second-order valence-electron chi connectivity index (χ2n) is 10.6. The minimum absolute atomic E-state index is 0.0312. The number of nitrogens with one attached hydrogen (secondary N) is 2. The topological polar surface area (TPSA) is 144 Å². The number of fused-ring (bicyclic) bond motifs is 3. The fraction of sp³-hybridized carbons (Fsp3) is 0.250. The number of aryl methyl sites for hydroxylation is 2. The number of carboxylic acids is 1. The number of carboxylic acid groups (broad SMARTS) is 1. The van der Waals surface area contributed by atoms with Crippen LogP contribution in [0, 0.1) is 13.8 Å². The smallest absolute Gasteiger partial charge is 0.355 e. The Bertz CT molecular complexity index is 1700. The third-order valence-electron chi connectivity index (χ3n) is 7.09. The first kappa shape index (κ1) is 29.0. The number of hydrogen-bond donors (Lipinski definition) is 4. The fourth-order valence-corrected chi connectivity index (χ4v) is 6.15. The minimum atomic E-state index is -1.32. The van der Waals surface area contributed by atoms with E-state index >= 15 is 0 Å². The molecule has 0 fully saturated rings. The number of nitrogens with two attached hydrogens (primary N) is 1. The molecule has 0 atom stereocenters. The van der Waals surface area contributed by atoms with E-state index in [1.807, 2.05) is 37.4 Å². The lowest BCUT2D eigenvalue weighted by atomic mass is 9.93. The second kappa shape index (κ2) is 11.8. The largest absolute Gasteiger partial charge is 0.493 e. The quantitative estimate of drug-likeness (QED) is 0.222. The standard InChI is InChI=1S/C32H32N4O5S/c1-16(2)34-31(38)25-6-5-21(28(35-25)32(39)40)22-14-26-24(29-20(7-9-41-26)8-10-42-29)13-23(22)30(37)36-27-17(3)11-19(15-33)12-18(27)4/h5-6,8,10-14,16H,7,9,15,33H2,1-4H3,(H,34,38)(H,36,37)(H,39,40). The van der Waals surface area contributed by atoms with E-state index in [-0.39, 0.29) is 28.6 Å². The van der Waals surface area contributed by atoms with E-state index in [1.165, 1.54) is 12.1 Å². The van der Waals surface area contributed by atoms with Crippen molar-refractivity contribution in [2.45, 2.75) is 46.7 Å². The number of benzene rings is 2. The molecule has 9 nitrogen and oxygen atoms in total. The SMILES string of the molecule is Cc1cc(CN)cc(C)c1NC(=O)c1cc2c(cc1-c1ccc(C(=O)NC(C)C)nc1C(=O)O)OCCc1ccsc1-2. The Labute approximate surface area is 247 Å². The summed E-state index contributed by atoms with van der Waals surface area (Å²) in [5.41, 5.74) is 11.5. The maximum Gasteiger partial charge on any atom is 0.355 e. The van der Waals surface area contributed by atoms with E-state index in [9.17, 15) is 19.5 Å². The molecule has 5 N–H and O–H groups in total. The third kappa shape index (κ3) is 5.63. The fourth-order valence-electron chi connectivity index (χ4n) is 5.18. The zero-order valence-corrected chi connectivity index (χ0v) is 24.6. The molecule has 4 aromatic rings. The summed E-state index contributed by atoms with van der Waals surface area (Å²) >= 11 is 1.56. The third-order valence-corrected chi connectivity index (χ3v) is 8.08. The van der Waals surface area contributed by atoms with Crippen LogP contribution in [0.3, 0.4) is 0 Å². The molecule has 3 heterocycles. The first-order valence-corrected chi connectivity index (χ1v) is 14.5. The lowest BCUT2D eigenvalue weighted by Crippen LogP contribution is -2.31. The second-order valence-corrected chi connectivity index (χ2v) is 11.5. The van der Waals surface area contributed by atoms with Crippen molar-refractivity contribution >= 4 is 34.8 Å². The number of ether oxygens (including phenoxy) is 1. The number of anilines is 1. The highest BCUT2D eigenvalue weighted by molar-refractivity contribution is 7.13. The molecule has 10 heteroatoms. The van der Waals surface area contributed by atoms with Crippen LogP contribution >= 0.6 is 11.3 Å². The van der Waals surface area contributed by atoms with Crippen LogP contribution < -0.4 is 21.1 Å². The number of nitrogens with zero attached hydrogens (tertiary/aromatic N) is 1. The molecular weight excluding hydrogens is 552 g/mol. The van der Waals surface area contributed by atoms with Crippen LogP contribution in [0.2, 0.25) is 0 Å². The molecule has 0 saturated heterocycles. The predicted molar refractivity (Wildman–Crippen MR) is 164 cm³/mol. The average Bonchev–Trinajstić information content (AvgIpc) is 3.35. The Hall–Kier alpha value is -4.54. The van der Waals surface area contributed by atoms with Gasteiger partial charge in [0.25, 0.3) is 11.8 Å². The van der Waals surface area contributed by atoms with Gasteiger partial charge in [-0.15, -0.1) is 11.3 Å². The van der Waals surface area contributed by atoms with Crippen molar-refractivity contribution in [1.82, 2.24) is 10.3 Å². The van der Waals surface area contributed by atoms with Crippen molar-refractivity contribution in [3.05, 3.63) is 87.0 Å². The number of carbonyl (C=O) groups excluding carboxylic acids is 2. The summed E-state index contributed by atoms with van der Waals surface area (Å²) in [4.78, 5) is 44.3. The number of pyridine rings is 1. The van der Waals surface area contributed by atoms with Gasteiger partial charge in [0.1, 0.15) is 11.4 Å². The molecule has 2 aromatic carbocycles. The zero-order chi connectivity index (χ0) is 30.1. The van der Waals surface area contributed by atoms with Crippen LogP contribution in [-0.2, 0) is 13.0 Å². The van der Waals surface area contributed by atoms with Gasteiger partial charge in [0.15, 0.2) is 5.69 Å². The van der Waals surface area contributed by atoms with E-state index in [0.29, 0.717) is 36.6 Å². The van der Waals surface area contributed by atoms with Gasteiger partial charge in [-0.1, -0.05) is 12.1 Å². The maximum absolute atomic E-state index is 14.1. The van der Waals surface area contributed by atoms with Gasteiger partial charge in [-0.3, -0.25) is 9.59 Å². The lowest BCUT2D eigenvalue weighted by molar-refractivity contribution is 0.0691. The van der Waals surface area contributed by atoms with Crippen LogP contribution in [0.4, 0.5) is 5.69 Å².